The van der Waals surface area contributed by atoms with Crippen LogP contribution in [0.5, 0.6) is 11.5 Å². The number of nitrogens with zero attached hydrogens (tertiary/aromatic N) is 1. The second-order valence-corrected chi connectivity index (χ2v) is 6.85. The highest BCUT2D eigenvalue weighted by molar-refractivity contribution is 8.26. The molecular formula is C18H15NO3S2. The van der Waals surface area contributed by atoms with E-state index in [0.717, 1.165) is 11.3 Å². The van der Waals surface area contributed by atoms with E-state index >= 15 is 0 Å². The summed E-state index contributed by atoms with van der Waals surface area (Å²) in [5.41, 5.74) is 1.57. The Labute approximate surface area is 149 Å². The van der Waals surface area contributed by atoms with E-state index in [0.29, 0.717) is 21.3 Å². The van der Waals surface area contributed by atoms with Gasteiger partial charge in [0.1, 0.15) is 15.8 Å². The number of methoxy groups -OCH3 is 1. The first-order chi connectivity index (χ1) is 11.6. The number of carbonyl (C=O) groups excluding carboxylic acids is 1. The maximum absolute atomic E-state index is 12.6. The molecule has 0 atom stereocenters. The molecular weight excluding hydrogens is 342 g/mol. The van der Waals surface area contributed by atoms with E-state index in [4.69, 9.17) is 17.0 Å². The maximum atomic E-state index is 12.6. The zero-order chi connectivity index (χ0) is 17.1. The Hall–Kier alpha value is -2.31. The average Bonchev–Trinajstić information content (AvgIpc) is 2.85. The van der Waals surface area contributed by atoms with Crippen LogP contribution in [-0.4, -0.2) is 27.3 Å². The van der Waals surface area contributed by atoms with Gasteiger partial charge in [0.2, 0.25) is 0 Å². The molecule has 0 bridgehead atoms. The van der Waals surface area contributed by atoms with Gasteiger partial charge in [0.05, 0.1) is 18.6 Å². The van der Waals surface area contributed by atoms with Crippen LogP contribution < -0.4 is 4.74 Å². The standard InChI is InChI=1S/C18H15NO3S2/c1-22-14-8-6-12(7-9-14)11-19-17(21)16(24-18(19)23)10-13-4-2-3-5-15(13)20/h2-10,20H,11H2,1H3. The Morgan fingerprint density at radius 2 is 1.92 bits per heavy atom. The van der Waals surface area contributed by atoms with Gasteiger partial charge in [-0.3, -0.25) is 9.69 Å². The van der Waals surface area contributed by atoms with Gasteiger partial charge < -0.3 is 9.84 Å². The molecule has 1 aliphatic heterocycles. The van der Waals surface area contributed by atoms with Crippen molar-refractivity contribution in [3.05, 3.63) is 64.6 Å². The van der Waals surface area contributed by atoms with Crippen LogP contribution in [0.4, 0.5) is 0 Å². The Kier molecular flexibility index (Phi) is 4.87. The van der Waals surface area contributed by atoms with E-state index in [2.05, 4.69) is 0 Å². The van der Waals surface area contributed by atoms with Crippen molar-refractivity contribution >= 4 is 40.3 Å². The number of thioether (sulfide) groups is 1. The van der Waals surface area contributed by atoms with Gasteiger partial charge in [0.15, 0.2) is 0 Å². The van der Waals surface area contributed by atoms with E-state index < -0.39 is 0 Å². The van der Waals surface area contributed by atoms with Gasteiger partial charge in [0, 0.05) is 5.56 Å². The summed E-state index contributed by atoms with van der Waals surface area (Å²) in [4.78, 5) is 14.7. The third-order valence-corrected chi connectivity index (χ3v) is 4.97. The monoisotopic (exact) mass is 357 g/mol. The minimum absolute atomic E-state index is 0.137. The Morgan fingerprint density at radius 1 is 1.21 bits per heavy atom. The van der Waals surface area contributed by atoms with E-state index in [1.165, 1.54) is 11.8 Å². The normalized spacial score (nSPS) is 16.0. The number of carbonyl (C=O) groups is 1. The summed E-state index contributed by atoms with van der Waals surface area (Å²) in [5.74, 6) is 0.755. The number of para-hydroxylation sites is 1. The smallest absolute Gasteiger partial charge is 0.266 e. The third-order valence-electron chi connectivity index (χ3n) is 3.60. The predicted molar refractivity (Wildman–Crippen MR) is 99.8 cm³/mol. The Balaban J connectivity index is 1.80. The molecule has 1 heterocycles. The van der Waals surface area contributed by atoms with Crippen LogP contribution in [0.25, 0.3) is 6.08 Å². The fourth-order valence-corrected chi connectivity index (χ4v) is 3.55. The highest BCUT2D eigenvalue weighted by Crippen LogP contribution is 2.35. The maximum Gasteiger partial charge on any atom is 0.266 e. The molecule has 1 aliphatic rings. The van der Waals surface area contributed by atoms with Crippen LogP contribution in [0.2, 0.25) is 0 Å². The molecule has 2 aromatic carbocycles. The molecule has 0 aliphatic carbocycles. The number of hydrogen-bond acceptors (Lipinski definition) is 5. The van der Waals surface area contributed by atoms with E-state index in [9.17, 15) is 9.90 Å². The lowest BCUT2D eigenvalue weighted by Crippen LogP contribution is -2.27. The lowest BCUT2D eigenvalue weighted by molar-refractivity contribution is -0.122. The van der Waals surface area contributed by atoms with Crippen molar-refractivity contribution in [3.63, 3.8) is 0 Å². The summed E-state index contributed by atoms with van der Waals surface area (Å²) >= 11 is 6.58. The quantitative estimate of drug-likeness (QED) is 0.666. The summed E-state index contributed by atoms with van der Waals surface area (Å²) in [6.45, 7) is 0.409. The molecule has 6 heteroatoms. The SMILES string of the molecule is COc1ccc(CN2C(=O)C(=Cc3ccccc3O)SC2=S)cc1. The molecule has 1 fully saturated rings. The number of amides is 1. The second kappa shape index (κ2) is 7.07. The lowest BCUT2D eigenvalue weighted by atomic mass is 10.2. The van der Waals surface area contributed by atoms with Crippen molar-refractivity contribution in [2.24, 2.45) is 0 Å². The fourth-order valence-electron chi connectivity index (χ4n) is 2.30. The lowest BCUT2D eigenvalue weighted by Gasteiger charge is -2.14. The Morgan fingerprint density at radius 3 is 2.58 bits per heavy atom. The van der Waals surface area contributed by atoms with Gasteiger partial charge in [-0.2, -0.15) is 0 Å². The summed E-state index contributed by atoms with van der Waals surface area (Å²) < 4.78 is 5.64. The highest BCUT2D eigenvalue weighted by Gasteiger charge is 2.32. The zero-order valence-electron chi connectivity index (χ0n) is 12.9. The number of hydrogen-bond donors (Lipinski definition) is 1. The predicted octanol–water partition coefficient (Wildman–Crippen LogP) is 3.80. The van der Waals surface area contributed by atoms with Crippen molar-refractivity contribution in [1.29, 1.82) is 0 Å². The van der Waals surface area contributed by atoms with E-state index in [1.54, 1.807) is 36.3 Å². The molecule has 0 aromatic heterocycles. The summed E-state index contributed by atoms with van der Waals surface area (Å²) in [7, 11) is 1.61. The van der Waals surface area contributed by atoms with Crippen LogP contribution in [0.3, 0.4) is 0 Å². The van der Waals surface area contributed by atoms with Crippen LogP contribution in [0, 0.1) is 0 Å². The molecule has 24 heavy (non-hydrogen) atoms. The van der Waals surface area contributed by atoms with E-state index in [-0.39, 0.29) is 11.7 Å². The minimum atomic E-state index is -0.149. The van der Waals surface area contributed by atoms with Crippen LogP contribution in [0.1, 0.15) is 11.1 Å². The number of rotatable bonds is 4. The van der Waals surface area contributed by atoms with Gasteiger partial charge >= 0.3 is 0 Å². The van der Waals surface area contributed by atoms with Gasteiger partial charge in [0.25, 0.3) is 5.91 Å². The fraction of sp³-hybridized carbons (Fsp3) is 0.111. The second-order valence-electron chi connectivity index (χ2n) is 5.17. The summed E-state index contributed by atoms with van der Waals surface area (Å²) in [6, 6.07) is 14.4. The van der Waals surface area contributed by atoms with Crippen molar-refractivity contribution < 1.29 is 14.6 Å². The molecule has 0 saturated carbocycles. The first-order valence-electron chi connectivity index (χ1n) is 7.25. The molecule has 3 rings (SSSR count). The van der Waals surface area contributed by atoms with Crippen molar-refractivity contribution in [2.45, 2.75) is 6.54 Å². The van der Waals surface area contributed by atoms with E-state index in [1.807, 2.05) is 30.3 Å². The molecule has 0 radical (unpaired) electrons. The zero-order valence-corrected chi connectivity index (χ0v) is 14.6. The van der Waals surface area contributed by atoms with Crippen molar-refractivity contribution in [1.82, 2.24) is 4.90 Å². The van der Waals surface area contributed by atoms with Crippen molar-refractivity contribution in [3.8, 4) is 11.5 Å². The first-order valence-corrected chi connectivity index (χ1v) is 8.47. The average molecular weight is 357 g/mol. The van der Waals surface area contributed by atoms with Crippen LogP contribution in [0.15, 0.2) is 53.4 Å². The third kappa shape index (κ3) is 3.44. The van der Waals surface area contributed by atoms with Crippen LogP contribution >= 0.6 is 24.0 Å². The number of phenolic OH excluding ortho intramolecular Hbond substituents is 1. The first kappa shape index (κ1) is 16.5. The van der Waals surface area contributed by atoms with Gasteiger partial charge in [-0.05, 0) is 29.8 Å². The molecule has 1 N–H and O–H groups in total. The summed E-state index contributed by atoms with van der Waals surface area (Å²) in [5, 5.41) is 9.85. The molecule has 4 nitrogen and oxygen atoms in total. The number of phenols is 1. The largest absolute Gasteiger partial charge is 0.507 e. The molecule has 1 amide bonds. The van der Waals surface area contributed by atoms with Crippen LogP contribution in [-0.2, 0) is 11.3 Å². The topological polar surface area (TPSA) is 49.8 Å². The molecule has 2 aromatic rings. The molecule has 0 unspecified atom stereocenters. The van der Waals surface area contributed by atoms with Gasteiger partial charge in [-0.15, -0.1) is 0 Å². The van der Waals surface area contributed by atoms with Gasteiger partial charge in [-0.1, -0.05) is 54.3 Å². The number of ether oxygens (including phenoxy) is 1. The molecule has 0 spiro atoms. The highest BCUT2D eigenvalue weighted by atomic mass is 32.2. The number of benzene rings is 2. The van der Waals surface area contributed by atoms with Crippen molar-refractivity contribution in [2.75, 3.05) is 7.11 Å². The molecule has 1 saturated heterocycles. The number of aromatic hydroxyl groups is 1. The Bertz CT molecular complexity index is 815. The number of thiocarbonyl (C=S) groups is 1. The van der Waals surface area contributed by atoms with Gasteiger partial charge in [-0.25, -0.2) is 0 Å². The minimum Gasteiger partial charge on any atom is -0.507 e. The summed E-state index contributed by atoms with van der Waals surface area (Å²) in [6.07, 6.45) is 1.67. The molecule has 122 valence electrons.